The first-order chi connectivity index (χ1) is 13.2. The van der Waals surface area contributed by atoms with Gasteiger partial charge >= 0.3 is 0 Å². The topological polar surface area (TPSA) is 61.1 Å². The number of methoxy groups -OCH3 is 1. The predicted octanol–water partition coefficient (Wildman–Crippen LogP) is 3.76. The number of benzene rings is 2. The molecule has 0 spiro atoms. The summed E-state index contributed by atoms with van der Waals surface area (Å²) in [5.74, 6) is 2.25. The smallest absolute Gasteiger partial charge is 0.231 e. The first kappa shape index (κ1) is 17.3. The summed E-state index contributed by atoms with van der Waals surface area (Å²) in [5.41, 5.74) is 2.61. The zero-order chi connectivity index (χ0) is 18.8. The largest absolute Gasteiger partial charge is 0.497 e. The predicted molar refractivity (Wildman–Crippen MR) is 100 cm³/mol. The van der Waals surface area contributed by atoms with Gasteiger partial charge in [-0.1, -0.05) is 6.07 Å². The van der Waals surface area contributed by atoms with Crippen LogP contribution in [0.1, 0.15) is 18.1 Å². The Morgan fingerprint density at radius 2 is 2.00 bits per heavy atom. The van der Waals surface area contributed by atoms with Gasteiger partial charge in [-0.25, -0.2) is 0 Å². The molecule has 0 aliphatic carbocycles. The maximum atomic E-state index is 12.9. The van der Waals surface area contributed by atoms with Crippen molar-refractivity contribution in [1.29, 1.82) is 0 Å². The average molecular weight is 367 g/mol. The second-order valence-corrected chi connectivity index (χ2v) is 6.40. The van der Waals surface area contributed by atoms with Crippen LogP contribution in [0.15, 0.2) is 47.1 Å². The van der Waals surface area contributed by atoms with Gasteiger partial charge in [-0.05, 0) is 36.8 Å². The van der Waals surface area contributed by atoms with Crippen molar-refractivity contribution in [2.75, 3.05) is 20.4 Å². The van der Waals surface area contributed by atoms with E-state index in [9.17, 15) is 4.79 Å². The number of ether oxygens (including phenoxy) is 3. The molecule has 3 aromatic rings. The molecule has 27 heavy (non-hydrogen) atoms. The molecule has 0 bridgehead atoms. The van der Waals surface area contributed by atoms with Crippen LogP contribution in [0.3, 0.4) is 0 Å². The maximum absolute atomic E-state index is 12.9. The van der Waals surface area contributed by atoms with E-state index >= 15 is 0 Å². The molecule has 1 aliphatic heterocycles. The van der Waals surface area contributed by atoms with Crippen molar-refractivity contribution in [2.24, 2.45) is 0 Å². The minimum Gasteiger partial charge on any atom is -0.497 e. The van der Waals surface area contributed by atoms with Crippen LogP contribution in [-0.2, 0) is 17.8 Å². The molecule has 2 aromatic carbocycles. The third-order valence-electron chi connectivity index (χ3n) is 4.75. The Kier molecular flexibility index (Phi) is 4.62. The SMILES string of the molecule is CCN(Cc1ccc2c(c1)OCO2)C(=O)Cc1coc2cc(OC)ccc12. The van der Waals surface area contributed by atoms with E-state index in [-0.39, 0.29) is 19.1 Å². The fraction of sp³-hybridized carbons (Fsp3) is 0.286. The molecule has 1 aromatic heterocycles. The number of hydrogen-bond donors (Lipinski definition) is 0. The highest BCUT2D eigenvalue weighted by Gasteiger charge is 2.18. The van der Waals surface area contributed by atoms with E-state index in [1.807, 2.05) is 48.2 Å². The summed E-state index contributed by atoms with van der Waals surface area (Å²) in [4.78, 5) is 14.7. The van der Waals surface area contributed by atoms with Crippen LogP contribution in [0.2, 0.25) is 0 Å². The Labute approximate surface area is 157 Å². The molecule has 0 N–H and O–H groups in total. The van der Waals surface area contributed by atoms with Crippen LogP contribution >= 0.6 is 0 Å². The number of furan rings is 1. The lowest BCUT2D eigenvalue weighted by atomic mass is 10.1. The minimum absolute atomic E-state index is 0.0497. The summed E-state index contributed by atoms with van der Waals surface area (Å²) in [5, 5.41) is 0.934. The zero-order valence-corrected chi connectivity index (χ0v) is 15.4. The summed E-state index contributed by atoms with van der Waals surface area (Å²) in [6.45, 7) is 3.36. The van der Waals surface area contributed by atoms with Crippen LogP contribution < -0.4 is 14.2 Å². The molecule has 6 nitrogen and oxygen atoms in total. The standard InChI is InChI=1S/C21H21NO5/c1-3-22(11-14-4-7-18-20(8-14)27-13-26-18)21(23)9-15-12-25-19-10-16(24-2)5-6-17(15)19/h4-8,10,12H,3,9,11,13H2,1-2H3. The van der Waals surface area contributed by atoms with Crippen molar-refractivity contribution in [3.63, 3.8) is 0 Å². The molecule has 0 fully saturated rings. The Morgan fingerprint density at radius 3 is 2.81 bits per heavy atom. The van der Waals surface area contributed by atoms with Crippen LogP contribution in [0.5, 0.6) is 17.2 Å². The van der Waals surface area contributed by atoms with Gasteiger partial charge in [0.25, 0.3) is 0 Å². The van der Waals surface area contributed by atoms with Gasteiger partial charge in [-0.2, -0.15) is 0 Å². The molecule has 4 rings (SSSR count). The molecule has 6 heteroatoms. The lowest BCUT2D eigenvalue weighted by Crippen LogP contribution is -2.31. The first-order valence-corrected chi connectivity index (χ1v) is 8.88. The van der Waals surface area contributed by atoms with Crippen LogP contribution in [0, 0.1) is 0 Å². The summed E-state index contributed by atoms with van der Waals surface area (Å²) < 4.78 is 21.6. The Bertz CT molecular complexity index is 978. The van der Waals surface area contributed by atoms with Crippen molar-refractivity contribution in [2.45, 2.75) is 19.9 Å². The van der Waals surface area contributed by atoms with E-state index in [2.05, 4.69) is 0 Å². The fourth-order valence-electron chi connectivity index (χ4n) is 3.24. The van der Waals surface area contributed by atoms with E-state index in [4.69, 9.17) is 18.6 Å². The van der Waals surface area contributed by atoms with Gasteiger partial charge in [0.1, 0.15) is 11.3 Å². The van der Waals surface area contributed by atoms with E-state index in [1.54, 1.807) is 13.4 Å². The van der Waals surface area contributed by atoms with Crippen molar-refractivity contribution in [3.05, 3.63) is 53.8 Å². The summed E-state index contributed by atoms with van der Waals surface area (Å²) in [6.07, 6.45) is 1.94. The molecular weight excluding hydrogens is 346 g/mol. The Morgan fingerprint density at radius 1 is 1.15 bits per heavy atom. The van der Waals surface area contributed by atoms with Gasteiger partial charge in [-0.3, -0.25) is 4.79 Å². The molecule has 0 radical (unpaired) electrons. The summed E-state index contributed by atoms with van der Waals surface area (Å²) in [7, 11) is 1.61. The monoisotopic (exact) mass is 367 g/mol. The van der Waals surface area contributed by atoms with Gasteiger partial charge in [0.15, 0.2) is 11.5 Å². The van der Waals surface area contributed by atoms with E-state index < -0.39 is 0 Å². The van der Waals surface area contributed by atoms with E-state index in [0.717, 1.165) is 39.3 Å². The second-order valence-electron chi connectivity index (χ2n) is 6.40. The highest BCUT2D eigenvalue weighted by Crippen LogP contribution is 2.33. The van der Waals surface area contributed by atoms with Crippen LogP contribution in [0.4, 0.5) is 0 Å². The molecule has 1 aliphatic rings. The number of carbonyl (C=O) groups is 1. The number of rotatable bonds is 6. The summed E-state index contributed by atoms with van der Waals surface area (Å²) in [6, 6.07) is 11.4. The van der Waals surface area contributed by atoms with Crippen molar-refractivity contribution >= 4 is 16.9 Å². The van der Waals surface area contributed by atoms with Crippen LogP contribution in [0.25, 0.3) is 11.0 Å². The molecule has 140 valence electrons. The first-order valence-electron chi connectivity index (χ1n) is 8.88. The summed E-state index contributed by atoms with van der Waals surface area (Å²) >= 11 is 0. The Hall–Kier alpha value is -3.15. The molecule has 2 heterocycles. The maximum Gasteiger partial charge on any atom is 0.231 e. The van der Waals surface area contributed by atoms with Gasteiger partial charge in [0, 0.05) is 30.1 Å². The zero-order valence-electron chi connectivity index (χ0n) is 15.4. The van der Waals surface area contributed by atoms with Crippen LogP contribution in [-0.4, -0.2) is 31.3 Å². The second kappa shape index (κ2) is 7.23. The molecule has 0 atom stereocenters. The number of likely N-dealkylation sites (N-methyl/N-ethyl adjacent to an activating group) is 1. The normalized spacial score (nSPS) is 12.4. The van der Waals surface area contributed by atoms with Gasteiger partial charge < -0.3 is 23.5 Å². The van der Waals surface area contributed by atoms with E-state index in [1.165, 1.54) is 0 Å². The van der Waals surface area contributed by atoms with Gasteiger partial charge in [0.05, 0.1) is 19.8 Å². The Balaban J connectivity index is 1.49. The molecule has 0 saturated carbocycles. The molecule has 0 unspecified atom stereocenters. The number of carbonyl (C=O) groups excluding carboxylic acids is 1. The van der Waals surface area contributed by atoms with Crippen molar-refractivity contribution < 1.29 is 23.4 Å². The average Bonchev–Trinajstić information content (AvgIpc) is 3.32. The molecule has 0 saturated heterocycles. The highest BCUT2D eigenvalue weighted by molar-refractivity contribution is 5.88. The fourth-order valence-corrected chi connectivity index (χ4v) is 3.24. The third kappa shape index (κ3) is 3.43. The van der Waals surface area contributed by atoms with Gasteiger partial charge in [0.2, 0.25) is 12.7 Å². The van der Waals surface area contributed by atoms with E-state index in [0.29, 0.717) is 13.1 Å². The highest BCUT2D eigenvalue weighted by atomic mass is 16.7. The number of fused-ring (bicyclic) bond motifs is 2. The number of nitrogens with zero attached hydrogens (tertiary/aromatic N) is 1. The quantitative estimate of drug-likeness (QED) is 0.664. The lowest BCUT2D eigenvalue weighted by Gasteiger charge is -2.21. The van der Waals surface area contributed by atoms with Gasteiger partial charge in [-0.15, -0.1) is 0 Å². The van der Waals surface area contributed by atoms with Crippen molar-refractivity contribution in [1.82, 2.24) is 4.90 Å². The molecular formula is C21H21NO5. The minimum atomic E-state index is 0.0497. The third-order valence-corrected chi connectivity index (χ3v) is 4.75. The lowest BCUT2D eigenvalue weighted by molar-refractivity contribution is -0.130. The molecule has 1 amide bonds. The van der Waals surface area contributed by atoms with Crippen molar-refractivity contribution in [3.8, 4) is 17.2 Å². The number of hydrogen-bond acceptors (Lipinski definition) is 5. The number of amides is 1.